The first-order valence-electron chi connectivity index (χ1n) is 9.46. The number of imide groups is 1. The highest BCUT2D eigenvalue weighted by Gasteiger charge is 2.25. The summed E-state index contributed by atoms with van der Waals surface area (Å²) in [5, 5.41) is 13.2. The summed E-state index contributed by atoms with van der Waals surface area (Å²) in [6, 6.07) is 9.30. The van der Waals surface area contributed by atoms with Crippen LogP contribution in [0.3, 0.4) is 0 Å². The fraction of sp³-hybridized carbons (Fsp3) is 0.200. The van der Waals surface area contributed by atoms with Gasteiger partial charge in [0.05, 0.1) is 6.20 Å². The molecule has 1 aliphatic heterocycles. The predicted molar refractivity (Wildman–Crippen MR) is 114 cm³/mol. The van der Waals surface area contributed by atoms with Crippen molar-refractivity contribution in [1.29, 1.82) is 0 Å². The average Bonchev–Trinajstić information content (AvgIpc) is 3.35. The molecule has 0 spiro atoms. The lowest BCUT2D eigenvalue weighted by molar-refractivity contribution is -0.115. The Bertz CT molecular complexity index is 1220. The number of urea groups is 1. The molecule has 3 amide bonds. The molecule has 9 nitrogen and oxygen atoms in total. The Morgan fingerprint density at radius 3 is 2.80 bits per heavy atom. The molecule has 1 saturated heterocycles. The Labute approximate surface area is 176 Å². The van der Waals surface area contributed by atoms with Crippen LogP contribution in [0, 0.1) is 0 Å². The van der Waals surface area contributed by atoms with Crippen LogP contribution < -0.4 is 20.9 Å². The van der Waals surface area contributed by atoms with Crippen LogP contribution in [0.5, 0.6) is 0 Å². The topological polar surface area (TPSA) is 104 Å². The summed E-state index contributed by atoms with van der Waals surface area (Å²) in [6.45, 7) is 0. The highest BCUT2D eigenvalue weighted by molar-refractivity contribution is 6.30. The Balaban J connectivity index is 1.61. The van der Waals surface area contributed by atoms with Crippen LogP contribution in [0.4, 0.5) is 22.1 Å². The van der Waals surface area contributed by atoms with Gasteiger partial charge in [-0.3, -0.25) is 10.1 Å². The summed E-state index contributed by atoms with van der Waals surface area (Å²) < 4.78 is 1.70. The van der Waals surface area contributed by atoms with Crippen molar-refractivity contribution in [1.82, 2.24) is 25.2 Å². The highest BCUT2D eigenvalue weighted by atomic mass is 35.5. The third-order valence-electron chi connectivity index (χ3n) is 4.97. The first kappa shape index (κ1) is 18.4. The molecule has 0 radical (unpaired) electrons. The minimum atomic E-state index is -0.548. The summed E-state index contributed by atoms with van der Waals surface area (Å²) in [4.78, 5) is 30.0. The Morgan fingerprint density at radius 1 is 1.27 bits per heavy atom. The van der Waals surface area contributed by atoms with Crippen molar-refractivity contribution >= 4 is 52.6 Å². The second-order valence-electron chi connectivity index (χ2n) is 7.26. The maximum Gasteiger partial charge on any atom is 0.326 e. The summed E-state index contributed by atoms with van der Waals surface area (Å²) in [7, 11) is 1.91. The van der Waals surface area contributed by atoms with Gasteiger partial charge in [0.25, 0.3) is 5.91 Å². The first-order valence-corrected chi connectivity index (χ1v) is 9.84. The fourth-order valence-corrected chi connectivity index (χ4v) is 3.42. The van der Waals surface area contributed by atoms with Crippen molar-refractivity contribution in [2.75, 3.05) is 17.3 Å². The Morgan fingerprint density at radius 2 is 2.10 bits per heavy atom. The molecule has 0 unspecified atom stereocenters. The van der Waals surface area contributed by atoms with Crippen molar-refractivity contribution in [3.05, 3.63) is 52.8 Å². The van der Waals surface area contributed by atoms with E-state index in [-0.39, 0.29) is 5.70 Å². The average molecular weight is 424 g/mol. The van der Waals surface area contributed by atoms with Crippen LogP contribution in [0.15, 0.2) is 42.2 Å². The molecular formula is C20H18ClN7O2. The molecule has 1 aliphatic carbocycles. The molecule has 2 aliphatic rings. The molecule has 152 valence electrons. The second-order valence-corrected chi connectivity index (χ2v) is 7.70. The number of rotatable bonds is 5. The number of aromatic nitrogens is 3. The fourth-order valence-electron chi connectivity index (χ4n) is 3.24. The van der Waals surface area contributed by atoms with E-state index in [2.05, 4.69) is 21.0 Å². The molecular weight excluding hydrogens is 406 g/mol. The van der Waals surface area contributed by atoms with E-state index in [1.165, 1.54) is 0 Å². The lowest BCUT2D eigenvalue weighted by atomic mass is 10.2. The number of nitrogens with zero attached hydrogens (tertiary/aromatic N) is 4. The number of amides is 3. The largest absolute Gasteiger partial charge is 0.367 e. The van der Waals surface area contributed by atoms with Gasteiger partial charge < -0.3 is 15.5 Å². The normalized spacial score (nSPS) is 17.3. The van der Waals surface area contributed by atoms with Gasteiger partial charge in [0.2, 0.25) is 0 Å². The van der Waals surface area contributed by atoms with E-state index in [1.54, 1.807) is 16.8 Å². The molecule has 0 bridgehead atoms. The molecule has 3 aromatic rings. The smallest absolute Gasteiger partial charge is 0.326 e. The summed E-state index contributed by atoms with van der Waals surface area (Å²) in [5.41, 5.74) is 2.22. The van der Waals surface area contributed by atoms with Crippen molar-refractivity contribution in [2.24, 2.45) is 0 Å². The van der Waals surface area contributed by atoms with Crippen molar-refractivity contribution < 1.29 is 9.59 Å². The van der Waals surface area contributed by atoms with E-state index in [9.17, 15) is 9.59 Å². The monoisotopic (exact) mass is 423 g/mol. The highest BCUT2D eigenvalue weighted by Crippen LogP contribution is 2.31. The SMILES string of the molecule is CN(c1cccc(Cl)c1)c1cc(NC2CC2)n2ncc(/C=C3\NC(=O)NC3=O)c2n1. The molecule has 10 heteroatoms. The number of hydrogen-bond donors (Lipinski definition) is 3. The van der Waals surface area contributed by atoms with Crippen LogP contribution in [0.2, 0.25) is 5.02 Å². The van der Waals surface area contributed by atoms with Gasteiger partial charge in [0.15, 0.2) is 5.65 Å². The van der Waals surface area contributed by atoms with E-state index in [0.29, 0.717) is 28.1 Å². The molecule has 2 fully saturated rings. The lowest BCUT2D eigenvalue weighted by Crippen LogP contribution is -2.22. The zero-order valence-electron chi connectivity index (χ0n) is 16.0. The quantitative estimate of drug-likeness (QED) is 0.430. The number of nitrogens with one attached hydrogen (secondary N) is 3. The first-order chi connectivity index (χ1) is 14.5. The number of benzene rings is 1. The maximum absolute atomic E-state index is 11.9. The number of carbonyl (C=O) groups is 2. The van der Waals surface area contributed by atoms with E-state index >= 15 is 0 Å². The zero-order chi connectivity index (χ0) is 20.8. The third-order valence-corrected chi connectivity index (χ3v) is 5.21. The Kier molecular flexibility index (Phi) is 4.32. The molecule has 2 aromatic heterocycles. The number of anilines is 3. The molecule has 3 heterocycles. The molecule has 1 aromatic carbocycles. The zero-order valence-corrected chi connectivity index (χ0v) is 16.8. The van der Waals surface area contributed by atoms with Gasteiger partial charge in [-0.2, -0.15) is 9.61 Å². The number of fused-ring (bicyclic) bond motifs is 1. The molecule has 5 rings (SSSR count). The van der Waals surface area contributed by atoms with Crippen molar-refractivity contribution in [3.63, 3.8) is 0 Å². The molecule has 3 N–H and O–H groups in total. The van der Waals surface area contributed by atoms with Gasteiger partial charge in [-0.15, -0.1) is 0 Å². The van der Waals surface area contributed by atoms with Crippen molar-refractivity contribution in [3.8, 4) is 0 Å². The minimum absolute atomic E-state index is 0.155. The molecule has 0 atom stereocenters. The standard InChI is InChI=1S/C20H18ClN7O2/c1-27(14-4-2-3-12(21)8-14)16-9-17(23-13-5-6-13)28-18(25-16)11(10-22-28)7-15-19(29)26-20(30)24-15/h2-4,7-10,13,23H,5-6H2,1H3,(H2,24,26,29,30)/b15-7-. The van der Waals surface area contributed by atoms with Crippen LogP contribution in [-0.4, -0.2) is 39.6 Å². The van der Waals surface area contributed by atoms with Crippen LogP contribution in [0.1, 0.15) is 18.4 Å². The summed E-state index contributed by atoms with van der Waals surface area (Å²) >= 11 is 6.15. The van der Waals surface area contributed by atoms with Crippen LogP contribution in [-0.2, 0) is 4.79 Å². The van der Waals surface area contributed by atoms with Gasteiger partial charge in [0.1, 0.15) is 17.3 Å². The van der Waals surface area contributed by atoms with E-state index in [4.69, 9.17) is 16.6 Å². The van der Waals surface area contributed by atoms with E-state index in [1.807, 2.05) is 42.3 Å². The number of hydrogen-bond acceptors (Lipinski definition) is 6. The van der Waals surface area contributed by atoms with Crippen LogP contribution >= 0.6 is 11.6 Å². The third kappa shape index (κ3) is 3.43. The predicted octanol–water partition coefficient (Wildman–Crippen LogP) is 2.91. The van der Waals surface area contributed by atoms with Gasteiger partial charge in [-0.1, -0.05) is 17.7 Å². The molecule has 30 heavy (non-hydrogen) atoms. The van der Waals surface area contributed by atoms with E-state index in [0.717, 1.165) is 24.3 Å². The van der Waals surface area contributed by atoms with Gasteiger partial charge in [-0.05, 0) is 37.1 Å². The van der Waals surface area contributed by atoms with Gasteiger partial charge in [0, 0.05) is 35.4 Å². The Hall–Kier alpha value is -3.59. The second kappa shape index (κ2) is 7.03. The van der Waals surface area contributed by atoms with E-state index < -0.39 is 11.9 Å². The maximum atomic E-state index is 11.9. The number of carbonyl (C=O) groups excluding carboxylic acids is 2. The van der Waals surface area contributed by atoms with Crippen molar-refractivity contribution in [2.45, 2.75) is 18.9 Å². The van der Waals surface area contributed by atoms with Gasteiger partial charge >= 0.3 is 6.03 Å². The lowest BCUT2D eigenvalue weighted by Gasteiger charge is -2.20. The van der Waals surface area contributed by atoms with Crippen LogP contribution in [0.25, 0.3) is 11.7 Å². The minimum Gasteiger partial charge on any atom is -0.367 e. The van der Waals surface area contributed by atoms with Gasteiger partial charge in [-0.25, -0.2) is 9.78 Å². The summed E-state index contributed by atoms with van der Waals surface area (Å²) in [6.07, 6.45) is 5.40. The summed E-state index contributed by atoms with van der Waals surface area (Å²) in [5.74, 6) is 1.01. The number of halogens is 1. The molecule has 1 saturated carbocycles.